The number of amides is 2. The molecule has 1 aliphatic heterocycles. The molecule has 2 amide bonds. The molecule has 1 aliphatic rings. The van der Waals surface area contributed by atoms with Crippen molar-refractivity contribution in [1.29, 1.82) is 0 Å². The first kappa shape index (κ1) is 19.2. The minimum absolute atomic E-state index is 0.0583. The Kier molecular flexibility index (Phi) is 5.36. The second kappa shape index (κ2) is 7.56. The lowest BCUT2D eigenvalue weighted by Gasteiger charge is -2.28. The van der Waals surface area contributed by atoms with E-state index in [4.69, 9.17) is 9.47 Å². The van der Waals surface area contributed by atoms with E-state index in [-0.39, 0.29) is 6.61 Å². The zero-order valence-corrected chi connectivity index (χ0v) is 16.6. The molecule has 7 nitrogen and oxygen atoms in total. The molecule has 0 fully saturated rings. The molecule has 27 heavy (non-hydrogen) atoms. The normalized spacial score (nSPS) is 17.0. The number of hydrogen-bond donors (Lipinski definition) is 1. The Balaban J connectivity index is 1.86. The van der Waals surface area contributed by atoms with Gasteiger partial charge in [0.1, 0.15) is 17.0 Å². The van der Waals surface area contributed by atoms with E-state index in [1.165, 1.54) is 7.05 Å². The molecule has 2 aromatic heterocycles. The standard InChI is InChI=1S/C19H23N3O4S/c1-19(2,3)26-18(24)22-9-12(8-13(22)10-25-17(23)20-4)15-11-27-16-14(15)6-5-7-21-16/h5-8,11,13H,9-10H2,1-4H3,(H,20,23). The Hall–Kier alpha value is -2.61. The molecule has 0 bridgehead atoms. The highest BCUT2D eigenvalue weighted by Crippen LogP contribution is 2.34. The molecule has 1 N–H and O–H groups in total. The van der Waals surface area contributed by atoms with Crippen LogP contribution in [-0.2, 0) is 9.47 Å². The van der Waals surface area contributed by atoms with Gasteiger partial charge < -0.3 is 14.8 Å². The van der Waals surface area contributed by atoms with Crippen LogP contribution >= 0.6 is 11.3 Å². The molecular formula is C19H23N3O4S. The van der Waals surface area contributed by atoms with Gasteiger partial charge in [0, 0.05) is 24.0 Å². The highest BCUT2D eigenvalue weighted by atomic mass is 32.1. The third-order valence-electron chi connectivity index (χ3n) is 4.05. The lowest BCUT2D eigenvalue weighted by Crippen LogP contribution is -2.43. The molecule has 1 atom stereocenters. The Morgan fingerprint density at radius 2 is 2.19 bits per heavy atom. The minimum Gasteiger partial charge on any atom is -0.447 e. The van der Waals surface area contributed by atoms with Gasteiger partial charge in [0.2, 0.25) is 0 Å². The molecule has 0 radical (unpaired) electrons. The van der Waals surface area contributed by atoms with Crippen LogP contribution in [0.5, 0.6) is 0 Å². The van der Waals surface area contributed by atoms with E-state index >= 15 is 0 Å². The molecule has 3 rings (SSSR count). The van der Waals surface area contributed by atoms with E-state index < -0.39 is 23.8 Å². The number of pyridine rings is 1. The molecule has 1 unspecified atom stereocenters. The van der Waals surface area contributed by atoms with Gasteiger partial charge in [-0.2, -0.15) is 0 Å². The fourth-order valence-electron chi connectivity index (χ4n) is 2.86. The topological polar surface area (TPSA) is 80.8 Å². The van der Waals surface area contributed by atoms with Crippen LogP contribution < -0.4 is 5.32 Å². The predicted octanol–water partition coefficient (Wildman–Crippen LogP) is 3.66. The van der Waals surface area contributed by atoms with Gasteiger partial charge >= 0.3 is 12.2 Å². The molecule has 0 saturated heterocycles. The van der Waals surface area contributed by atoms with E-state index in [9.17, 15) is 9.59 Å². The van der Waals surface area contributed by atoms with Gasteiger partial charge in [-0.05, 0) is 44.0 Å². The summed E-state index contributed by atoms with van der Waals surface area (Å²) in [4.78, 5) is 31.0. The van der Waals surface area contributed by atoms with Gasteiger partial charge in [0.25, 0.3) is 0 Å². The number of hydrogen-bond acceptors (Lipinski definition) is 6. The average Bonchev–Trinajstić information content (AvgIpc) is 3.22. The summed E-state index contributed by atoms with van der Waals surface area (Å²) in [5.74, 6) is 0. The zero-order chi connectivity index (χ0) is 19.6. The Bertz CT molecular complexity index is 884. The number of alkyl carbamates (subject to hydrolysis) is 1. The third-order valence-corrected chi connectivity index (χ3v) is 4.95. The van der Waals surface area contributed by atoms with Crippen LogP contribution in [0.3, 0.4) is 0 Å². The number of carbonyl (C=O) groups excluding carboxylic acids is 2. The van der Waals surface area contributed by atoms with Crippen LogP contribution in [0, 0.1) is 0 Å². The summed E-state index contributed by atoms with van der Waals surface area (Å²) in [6, 6.07) is 3.52. The van der Waals surface area contributed by atoms with E-state index in [1.807, 2.05) is 44.4 Å². The molecule has 3 heterocycles. The molecule has 0 saturated carbocycles. The van der Waals surface area contributed by atoms with Gasteiger partial charge in [0.15, 0.2) is 0 Å². The number of thiophene rings is 1. The summed E-state index contributed by atoms with van der Waals surface area (Å²) in [5, 5.41) is 5.50. The third kappa shape index (κ3) is 4.39. The molecule has 0 aromatic carbocycles. The second-order valence-corrected chi connectivity index (χ2v) is 8.08. The predicted molar refractivity (Wildman–Crippen MR) is 105 cm³/mol. The van der Waals surface area contributed by atoms with E-state index in [2.05, 4.69) is 10.3 Å². The quantitative estimate of drug-likeness (QED) is 0.867. The van der Waals surface area contributed by atoms with Gasteiger partial charge in [-0.25, -0.2) is 14.6 Å². The van der Waals surface area contributed by atoms with Crippen molar-refractivity contribution in [3.05, 3.63) is 35.3 Å². The minimum atomic E-state index is -0.606. The SMILES string of the molecule is CNC(=O)OCC1C=C(c2csc3ncccc23)CN1C(=O)OC(C)(C)C. The summed E-state index contributed by atoms with van der Waals surface area (Å²) in [6.45, 7) is 5.91. The maximum atomic E-state index is 12.7. The monoisotopic (exact) mass is 389 g/mol. The highest BCUT2D eigenvalue weighted by molar-refractivity contribution is 7.17. The number of nitrogens with one attached hydrogen (secondary N) is 1. The number of carbonyl (C=O) groups is 2. The molecule has 8 heteroatoms. The number of aromatic nitrogens is 1. The summed E-state index contributed by atoms with van der Waals surface area (Å²) in [5.41, 5.74) is 1.43. The number of ether oxygens (including phenoxy) is 2. The fraction of sp³-hybridized carbons (Fsp3) is 0.421. The van der Waals surface area contributed by atoms with Crippen LogP contribution in [0.25, 0.3) is 15.8 Å². The van der Waals surface area contributed by atoms with Crippen LogP contribution in [0.1, 0.15) is 26.3 Å². The Morgan fingerprint density at radius 1 is 1.41 bits per heavy atom. The van der Waals surface area contributed by atoms with Crippen LogP contribution in [0.2, 0.25) is 0 Å². The molecule has 144 valence electrons. The van der Waals surface area contributed by atoms with Crippen molar-refractivity contribution in [1.82, 2.24) is 15.2 Å². The van der Waals surface area contributed by atoms with Crippen molar-refractivity contribution in [2.45, 2.75) is 32.4 Å². The lowest BCUT2D eigenvalue weighted by molar-refractivity contribution is 0.0186. The van der Waals surface area contributed by atoms with E-state index in [1.54, 1.807) is 22.4 Å². The first-order valence-electron chi connectivity index (χ1n) is 8.66. The number of rotatable bonds is 3. The fourth-order valence-corrected chi connectivity index (χ4v) is 3.79. The Morgan fingerprint density at radius 3 is 2.89 bits per heavy atom. The molecule has 0 spiro atoms. The second-order valence-electron chi connectivity index (χ2n) is 7.22. The van der Waals surface area contributed by atoms with Crippen molar-refractivity contribution < 1.29 is 19.1 Å². The highest BCUT2D eigenvalue weighted by Gasteiger charge is 2.34. The van der Waals surface area contributed by atoms with Crippen LogP contribution in [-0.4, -0.2) is 53.9 Å². The zero-order valence-electron chi connectivity index (χ0n) is 15.8. The summed E-state index contributed by atoms with van der Waals surface area (Å²) >= 11 is 1.56. The van der Waals surface area contributed by atoms with Crippen molar-refractivity contribution in [2.75, 3.05) is 20.2 Å². The maximum absolute atomic E-state index is 12.7. The maximum Gasteiger partial charge on any atom is 0.411 e. The van der Waals surface area contributed by atoms with Crippen LogP contribution in [0.15, 0.2) is 29.8 Å². The largest absolute Gasteiger partial charge is 0.447 e. The van der Waals surface area contributed by atoms with E-state index in [0.717, 1.165) is 21.4 Å². The van der Waals surface area contributed by atoms with Crippen molar-refractivity contribution in [2.24, 2.45) is 0 Å². The van der Waals surface area contributed by atoms with Crippen molar-refractivity contribution >= 4 is 39.3 Å². The van der Waals surface area contributed by atoms with Gasteiger partial charge in [-0.3, -0.25) is 4.90 Å². The van der Waals surface area contributed by atoms with Gasteiger partial charge in [-0.1, -0.05) is 6.08 Å². The smallest absolute Gasteiger partial charge is 0.411 e. The van der Waals surface area contributed by atoms with Crippen molar-refractivity contribution in [3.8, 4) is 0 Å². The molecule has 2 aromatic rings. The van der Waals surface area contributed by atoms with Crippen LogP contribution in [0.4, 0.5) is 9.59 Å². The average molecular weight is 389 g/mol. The number of fused-ring (bicyclic) bond motifs is 1. The summed E-state index contributed by atoms with van der Waals surface area (Å²) in [6.07, 6.45) is 2.75. The summed E-state index contributed by atoms with van der Waals surface area (Å²) < 4.78 is 10.7. The van der Waals surface area contributed by atoms with Gasteiger partial charge in [-0.15, -0.1) is 11.3 Å². The van der Waals surface area contributed by atoms with Gasteiger partial charge in [0.05, 0.1) is 12.6 Å². The lowest BCUT2D eigenvalue weighted by atomic mass is 10.1. The van der Waals surface area contributed by atoms with E-state index in [0.29, 0.717) is 6.54 Å². The first-order chi connectivity index (χ1) is 12.8. The molecular weight excluding hydrogens is 366 g/mol. The summed E-state index contributed by atoms with van der Waals surface area (Å²) in [7, 11) is 1.49. The molecule has 0 aliphatic carbocycles. The van der Waals surface area contributed by atoms with Crippen molar-refractivity contribution in [3.63, 3.8) is 0 Å². The first-order valence-corrected chi connectivity index (χ1v) is 9.54. The number of nitrogens with zero attached hydrogens (tertiary/aromatic N) is 2. The Labute approximate surface area is 162 Å².